The van der Waals surface area contributed by atoms with Crippen LogP contribution in [-0.2, 0) is 6.42 Å². The van der Waals surface area contributed by atoms with Crippen LogP contribution in [0.15, 0.2) is 58.3 Å². The molecule has 0 heterocycles. The largest absolute Gasteiger partial charge is 0.478 e. The fraction of sp³-hybridized carbons (Fsp3) is 0.188. The Morgan fingerprint density at radius 1 is 1.11 bits per heavy atom. The molecule has 98 valence electrons. The maximum absolute atomic E-state index is 11.1. The van der Waals surface area contributed by atoms with Crippen LogP contribution in [0.2, 0.25) is 0 Å². The Kier molecular flexibility index (Phi) is 4.63. The Morgan fingerprint density at radius 3 is 2.42 bits per heavy atom. The molecule has 0 saturated heterocycles. The molecule has 0 amide bonds. The van der Waals surface area contributed by atoms with Crippen LogP contribution in [0.3, 0.4) is 0 Å². The normalized spacial score (nSPS) is 10.4. The molecule has 2 aromatic carbocycles. The number of carbonyl (C=O) groups is 1. The molecule has 0 aliphatic heterocycles. The van der Waals surface area contributed by atoms with Crippen molar-refractivity contribution in [3.8, 4) is 0 Å². The van der Waals surface area contributed by atoms with Crippen LogP contribution >= 0.6 is 11.8 Å². The van der Waals surface area contributed by atoms with Crippen molar-refractivity contribution in [1.82, 2.24) is 0 Å². The van der Waals surface area contributed by atoms with Gasteiger partial charge < -0.3 is 5.11 Å². The summed E-state index contributed by atoms with van der Waals surface area (Å²) in [6, 6.07) is 15.4. The lowest BCUT2D eigenvalue weighted by molar-refractivity contribution is 0.0693. The van der Waals surface area contributed by atoms with E-state index >= 15 is 0 Å². The molecule has 0 radical (unpaired) electrons. The SMILES string of the molecule is CCCc1ccc(Sc2ccccc2C(=O)O)cc1. The minimum Gasteiger partial charge on any atom is -0.478 e. The van der Waals surface area contributed by atoms with Crippen LogP contribution in [0.5, 0.6) is 0 Å². The van der Waals surface area contributed by atoms with Gasteiger partial charge in [0.15, 0.2) is 0 Å². The van der Waals surface area contributed by atoms with Gasteiger partial charge in [-0.2, -0.15) is 0 Å². The molecule has 0 aromatic heterocycles. The molecular formula is C16H16O2S. The van der Waals surface area contributed by atoms with Crippen LogP contribution in [0, 0.1) is 0 Å². The molecule has 0 saturated carbocycles. The average molecular weight is 272 g/mol. The zero-order valence-electron chi connectivity index (χ0n) is 10.8. The van der Waals surface area contributed by atoms with Gasteiger partial charge in [0.2, 0.25) is 0 Å². The van der Waals surface area contributed by atoms with Gasteiger partial charge in [0.05, 0.1) is 5.56 Å². The zero-order valence-corrected chi connectivity index (χ0v) is 11.6. The summed E-state index contributed by atoms with van der Waals surface area (Å²) in [6.45, 7) is 2.16. The van der Waals surface area contributed by atoms with E-state index in [0.29, 0.717) is 5.56 Å². The lowest BCUT2D eigenvalue weighted by atomic mass is 10.1. The number of carboxylic acid groups (broad SMARTS) is 1. The lowest BCUT2D eigenvalue weighted by Gasteiger charge is -2.06. The quantitative estimate of drug-likeness (QED) is 0.871. The van der Waals surface area contributed by atoms with Crippen molar-refractivity contribution in [1.29, 1.82) is 0 Å². The third kappa shape index (κ3) is 3.61. The fourth-order valence-corrected chi connectivity index (χ4v) is 2.81. The number of benzene rings is 2. The minimum atomic E-state index is -0.884. The van der Waals surface area contributed by atoms with E-state index in [9.17, 15) is 4.79 Å². The standard InChI is InChI=1S/C16H16O2S/c1-2-5-12-8-10-13(11-9-12)19-15-7-4-3-6-14(15)16(17)18/h3-4,6-11H,2,5H2,1H3,(H,17,18). The maximum atomic E-state index is 11.1. The van der Waals surface area contributed by atoms with Gasteiger partial charge in [-0.05, 0) is 36.2 Å². The number of carboxylic acids is 1. The van der Waals surface area contributed by atoms with E-state index in [1.165, 1.54) is 17.3 Å². The highest BCUT2D eigenvalue weighted by molar-refractivity contribution is 7.99. The topological polar surface area (TPSA) is 37.3 Å². The third-order valence-electron chi connectivity index (χ3n) is 2.81. The van der Waals surface area contributed by atoms with Crippen molar-refractivity contribution in [2.75, 3.05) is 0 Å². The maximum Gasteiger partial charge on any atom is 0.336 e. The summed E-state index contributed by atoms with van der Waals surface area (Å²) < 4.78 is 0. The smallest absolute Gasteiger partial charge is 0.336 e. The number of aromatic carboxylic acids is 1. The highest BCUT2D eigenvalue weighted by atomic mass is 32.2. The van der Waals surface area contributed by atoms with Crippen molar-refractivity contribution in [3.05, 3.63) is 59.7 Å². The molecule has 1 N–H and O–H groups in total. The molecule has 0 fully saturated rings. The molecule has 3 heteroatoms. The van der Waals surface area contributed by atoms with Gasteiger partial charge in [0.25, 0.3) is 0 Å². The first-order valence-corrected chi connectivity index (χ1v) is 7.11. The van der Waals surface area contributed by atoms with Gasteiger partial charge in [-0.3, -0.25) is 0 Å². The van der Waals surface area contributed by atoms with Crippen LogP contribution < -0.4 is 0 Å². The molecule has 0 aliphatic rings. The highest BCUT2D eigenvalue weighted by Crippen LogP contribution is 2.30. The monoisotopic (exact) mass is 272 g/mol. The van der Waals surface area contributed by atoms with Crippen molar-refractivity contribution in [2.45, 2.75) is 29.6 Å². The summed E-state index contributed by atoms with van der Waals surface area (Å²) in [4.78, 5) is 13.0. The summed E-state index contributed by atoms with van der Waals surface area (Å²) >= 11 is 1.49. The van der Waals surface area contributed by atoms with Crippen LogP contribution in [0.1, 0.15) is 29.3 Å². The summed E-state index contributed by atoms with van der Waals surface area (Å²) in [5, 5.41) is 9.14. The van der Waals surface area contributed by atoms with Gasteiger partial charge in [-0.15, -0.1) is 0 Å². The predicted molar refractivity (Wildman–Crippen MR) is 78.0 cm³/mol. The summed E-state index contributed by atoms with van der Waals surface area (Å²) in [7, 11) is 0. The Morgan fingerprint density at radius 2 is 1.79 bits per heavy atom. The van der Waals surface area contributed by atoms with E-state index in [2.05, 4.69) is 19.1 Å². The molecule has 2 aromatic rings. The molecule has 0 bridgehead atoms. The van der Waals surface area contributed by atoms with E-state index in [0.717, 1.165) is 22.6 Å². The Bertz CT molecular complexity index is 561. The molecule has 0 atom stereocenters. The zero-order chi connectivity index (χ0) is 13.7. The van der Waals surface area contributed by atoms with Gasteiger partial charge in [0, 0.05) is 9.79 Å². The van der Waals surface area contributed by atoms with E-state index in [1.54, 1.807) is 12.1 Å². The van der Waals surface area contributed by atoms with Crippen molar-refractivity contribution < 1.29 is 9.90 Å². The van der Waals surface area contributed by atoms with E-state index in [1.807, 2.05) is 24.3 Å². The first kappa shape index (κ1) is 13.7. The third-order valence-corrected chi connectivity index (χ3v) is 3.89. The highest BCUT2D eigenvalue weighted by Gasteiger charge is 2.09. The van der Waals surface area contributed by atoms with E-state index in [-0.39, 0.29) is 0 Å². The van der Waals surface area contributed by atoms with Gasteiger partial charge in [-0.1, -0.05) is 49.4 Å². The Hall–Kier alpha value is -1.74. The van der Waals surface area contributed by atoms with Crippen LogP contribution in [0.4, 0.5) is 0 Å². The number of rotatable bonds is 5. The fourth-order valence-electron chi connectivity index (χ4n) is 1.87. The molecule has 2 rings (SSSR count). The van der Waals surface area contributed by atoms with Gasteiger partial charge in [-0.25, -0.2) is 4.79 Å². The molecule has 0 aliphatic carbocycles. The first-order valence-electron chi connectivity index (χ1n) is 6.30. The summed E-state index contributed by atoms with van der Waals surface area (Å²) in [6.07, 6.45) is 2.21. The Labute approximate surface area is 117 Å². The van der Waals surface area contributed by atoms with Gasteiger partial charge >= 0.3 is 5.97 Å². The van der Waals surface area contributed by atoms with Crippen molar-refractivity contribution in [3.63, 3.8) is 0 Å². The molecular weight excluding hydrogens is 256 g/mol. The van der Waals surface area contributed by atoms with Crippen molar-refractivity contribution >= 4 is 17.7 Å². The summed E-state index contributed by atoms with van der Waals surface area (Å²) in [5.41, 5.74) is 1.67. The number of hydrogen-bond donors (Lipinski definition) is 1. The second-order valence-electron chi connectivity index (χ2n) is 4.30. The van der Waals surface area contributed by atoms with E-state index < -0.39 is 5.97 Å². The molecule has 0 unspecified atom stereocenters. The summed E-state index contributed by atoms with van der Waals surface area (Å²) in [5.74, 6) is -0.884. The minimum absolute atomic E-state index is 0.352. The first-order chi connectivity index (χ1) is 9.20. The number of aryl methyl sites for hydroxylation is 1. The van der Waals surface area contributed by atoms with E-state index in [4.69, 9.17) is 5.11 Å². The molecule has 0 spiro atoms. The second kappa shape index (κ2) is 6.43. The number of hydrogen-bond acceptors (Lipinski definition) is 2. The predicted octanol–water partition coefficient (Wildman–Crippen LogP) is 4.49. The molecule has 2 nitrogen and oxygen atoms in total. The molecule has 19 heavy (non-hydrogen) atoms. The van der Waals surface area contributed by atoms with Crippen molar-refractivity contribution in [2.24, 2.45) is 0 Å². The average Bonchev–Trinajstić information content (AvgIpc) is 2.42. The van der Waals surface area contributed by atoms with Gasteiger partial charge in [0.1, 0.15) is 0 Å². The van der Waals surface area contributed by atoms with Crippen LogP contribution in [-0.4, -0.2) is 11.1 Å². The lowest BCUT2D eigenvalue weighted by Crippen LogP contribution is -1.97. The Balaban J connectivity index is 2.19. The van der Waals surface area contributed by atoms with Crippen LogP contribution in [0.25, 0.3) is 0 Å². The second-order valence-corrected chi connectivity index (χ2v) is 5.41.